The first-order valence-electron chi connectivity index (χ1n) is 12.6. The zero-order chi connectivity index (χ0) is 27.2. The number of hydrogen-bond donors (Lipinski definition) is 4. The number of pyridine rings is 1. The monoisotopic (exact) mass is 546 g/mol. The van der Waals surface area contributed by atoms with Gasteiger partial charge in [0.05, 0.1) is 0 Å². The molecule has 5 rings (SSSR count). The number of aryl methyl sites for hydroxylation is 1. The lowest BCUT2D eigenvalue weighted by atomic mass is 10.1. The van der Waals surface area contributed by atoms with E-state index in [9.17, 15) is 8.42 Å². The van der Waals surface area contributed by atoms with Crippen molar-refractivity contribution in [2.45, 2.75) is 25.8 Å². The maximum Gasteiger partial charge on any atom is 0.301 e. The van der Waals surface area contributed by atoms with E-state index in [2.05, 4.69) is 45.6 Å². The summed E-state index contributed by atoms with van der Waals surface area (Å²) in [4.78, 5) is 22.1. The molecule has 1 aliphatic heterocycles. The normalized spacial score (nSPS) is 14.2. The van der Waals surface area contributed by atoms with Gasteiger partial charge in [0.15, 0.2) is 5.82 Å². The number of benzene rings is 1. The van der Waals surface area contributed by atoms with Crippen molar-refractivity contribution in [3.63, 3.8) is 0 Å². The van der Waals surface area contributed by atoms with Crippen molar-refractivity contribution < 1.29 is 8.42 Å². The van der Waals surface area contributed by atoms with E-state index in [1.165, 1.54) is 4.31 Å². The van der Waals surface area contributed by atoms with E-state index in [-0.39, 0.29) is 6.04 Å². The van der Waals surface area contributed by atoms with E-state index in [4.69, 9.17) is 0 Å². The van der Waals surface area contributed by atoms with Gasteiger partial charge in [-0.2, -0.15) is 17.7 Å². The molecule has 3 aromatic heterocycles. The maximum absolute atomic E-state index is 12.8. The molecule has 13 heteroatoms. The van der Waals surface area contributed by atoms with E-state index in [1.807, 2.05) is 25.1 Å². The van der Waals surface area contributed by atoms with Gasteiger partial charge < -0.3 is 16.0 Å². The van der Waals surface area contributed by atoms with Crippen LogP contribution in [-0.2, 0) is 10.2 Å². The summed E-state index contributed by atoms with van der Waals surface area (Å²) in [6.07, 6.45) is 4.86. The van der Waals surface area contributed by atoms with E-state index >= 15 is 0 Å². The summed E-state index contributed by atoms with van der Waals surface area (Å²) < 4.78 is 29.7. The largest absolute Gasteiger partial charge is 0.325 e. The van der Waals surface area contributed by atoms with Crippen LogP contribution in [-0.4, -0.2) is 63.8 Å². The Hall–Kier alpha value is -4.20. The zero-order valence-electron chi connectivity index (χ0n) is 21.7. The highest BCUT2D eigenvalue weighted by Gasteiger charge is 2.27. The summed E-state index contributed by atoms with van der Waals surface area (Å²) >= 11 is 0. The Morgan fingerprint density at radius 3 is 2.28 bits per heavy atom. The maximum atomic E-state index is 12.8. The molecule has 0 radical (unpaired) electrons. The van der Waals surface area contributed by atoms with Crippen molar-refractivity contribution in [2.24, 2.45) is 0 Å². The fraction of sp³-hybridized carbons (Fsp3) is 0.269. The summed E-state index contributed by atoms with van der Waals surface area (Å²) in [7, 11) is -2.04. The van der Waals surface area contributed by atoms with Crippen molar-refractivity contribution in [2.75, 3.05) is 35.5 Å². The van der Waals surface area contributed by atoms with Gasteiger partial charge in [0, 0.05) is 42.6 Å². The van der Waals surface area contributed by atoms with Crippen LogP contribution in [0.15, 0.2) is 67.0 Å². The summed E-state index contributed by atoms with van der Waals surface area (Å²) in [6.45, 7) is 3.55. The second kappa shape index (κ2) is 11.7. The highest BCUT2D eigenvalue weighted by Crippen LogP contribution is 2.22. The van der Waals surface area contributed by atoms with Crippen LogP contribution in [0.25, 0.3) is 11.5 Å². The van der Waals surface area contributed by atoms with Gasteiger partial charge in [-0.3, -0.25) is 4.72 Å². The van der Waals surface area contributed by atoms with Gasteiger partial charge in [0.1, 0.15) is 17.3 Å². The van der Waals surface area contributed by atoms with Gasteiger partial charge in [0.2, 0.25) is 5.95 Å². The second-order valence-electron chi connectivity index (χ2n) is 9.13. The molecular weight excluding hydrogens is 516 g/mol. The van der Waals surface area contributed by atoms with Crippen LogP contribution in [0.3, 0.4) is 0 Å². The molecule has 0 unspecified atom stereocenters. The summed E-state index contributed by atoms with van der Waals surface area (Å²) in [5.41, 5.74) is 2.75. The van der Waals surface area contributed by atoms with Crippen LogP contribution in [0.4, 0.5) is 29.0 Å². The van der Waals surface area contributed by atoms with Gasteiger partial charge in [0.25, 0.3) is 0 Å². The first-order valence-corrected chi connectivity index (χ1v) is 14.0. The topological polar surface area (TPSA) is 150 Å². The molecule has 0 saturated carbocycles. The summed E-state index contributed by atoms with van der Waals surface area (Å²) in [6, 6.07) is 16.1. The predicted molar refractivity (Wildman–Crippen MR) is 151 cm³/mol. The Labute approximate surface area is 227 Å². The molecule has 1 aliphatic rings. The van der Waals surface area contributed by atoms with Crippen LogP contribution in [0.5, 0.6) is 0 Å². The van der Waals surface area contributed by atoms with Crippen LogP contribution >= 0.6 is 0 Å². The summed E-state index contributed by atoms with van der Waals surface area (Å²) in [5.74, 6) is 1.99. The molecule has 0 atom stereocenters. The number of hydrogen-bond acceptors (Lipinski definition) is 10. The molecule has 4 aromatic rings. The van der Waals surface area contributed by atoms with Crippen molar-refractivity contribution in [1.29, 1.82) is 0 Å². The fourth-order valence-corrected chi connectivity index (χ4v) is 5.36. The van der Waals surface area contributed by atoms with E-state index < -0.39 is 10.2 Å². The van der Waals surface area contributed by atoms with Crippen LogP contribution in [0, 0.1) is 6.92 Å². The molecule has 1 saturated heterocycles. The lowest BCUT2D eigenvalue weighted by Gasteiger charge is -2.30. The molecule has 4 heterocycles. The SMILES string of the molecule is Cc1cccc(-c2nccc(Nc3ccnc(Nc4ccc(NS(=O)(=O)N(C)C5CCNCC5)cc4)n3)n2)n1. The Bertz CT molecular complexity index is 1530. The van der Waals surface area contributed by atoms with E-state index in [1.54, 1.807) is 55.8 Å². The van der Waals surface area contributed by atoms with Gasteiger partial charge in [-0.05, 0) is 81.4 Å². The molecule has 4 N–H and O–H groups in total. The first kappa shape index (κ1) is 26.4. The number of nitrogens with one attached hydrogen (secondary N) is 4. The van der Waals surface area contributed by atoms with E-state index in [0.29, 0.717) is 40.5 Å². The second-order valence-corrected chi connectivity index (χ2v) is 10.9. The van der Waals surface area contributed by atoms with Crippen molar-refractivity contribution in [1.82, 2.24) is 34.5 Å². The van der Waals surface area contributed by atoms with Crippen LogP contribution in [0.1, 0.15) is 18.5 Å². The predicted octanol–water partition coefficient (Wildman–Crippen LogP) is 3.46. The van der Waals surface area contributed by atoms with Gasteiger partial charge >= 0.3 is 10.2 Å². The zero-order valence-corrected chi connectivity index (χ0v) is 22.5. The molecule has 12 nitrogen and oxygen atoms in total. The fourth-order valence-electron chi connectivity index (χ4n) is 4.18. The number of piperidine rings is 1. The third kappa shape index (κ3) is 6.82. The average molecular weight is 547 g/mol. The number of anilines is 5. The lowest BCUT2D eigenvalue weighted by Crippen LogP contribution is -2.45. The third-order valence-electron chi connectivity index (χ3n) is 6.27. The molecule has 1 aromatic carbocycles. The highest BCUT2D eigenvalue weighted by molar-refractivity contribution is 7.90. The first-order chi connectivity index (χ1) is 18.9. The number of aromatic nitrogens is 5. The molecule has 202 valence electrons. The quantitative estimate of drug-likeness (QED) is 0.246. The van der Waals surface area contributed by atoms with Crippen molar-refractivity contribution >= 4 is 39.2 Å². The smallest absolute Gasteiger partial charge is 0.301 e. The molecule has 39 heavy (non-hydrogen) atoms. The summed E-state index contributed by atoms with van der Waals surface area (Å²) in [5, 5.41) is 9.56. The lowest BCUT2D eigenvalue weighted by molar-refractivity contribution is 0.298. The average Bonchev–Trinajstić information content (AvgIpc) is 2.94. The van der Waals surface area contributed by atoms with Crippen LogP contribution in [0.2, 0.25) is 0 Å². The van der Waals surface area contributed by atoms with Crippen molar-refractivity contribution in [3.05, 3.63) is 72.7 Å². The minimum atomic E-state index is -3.66. The van der Waals surface area contributed by atoms with E-state index in [0.717, 1.165) is 31.6 Å². The van der Waals surface area contributed by atoms with Gasteiger partial charge in [-0.15, -0.1) is 0 Å². The minimum Gasteiger partial charge on any atom is -0.325 e. The Kier molecular flexibility index (Phi) is 7.91. The number of nitrogens with zero attached hydrogens (tertiary/aromatic N) is 6. The molecule has 0 aliphatic carbocycles. The highest BCUT2D eigenvalue weighted by atomic mass is 32.2. The Balaban J connectivity index is 1.22. The Morgan fingerprint density at radius 1 is 0.846 bits per heavy atom. The molecular formula is C26H30N10O2S. The molecule has 1 fully saturated rings. The Morgan fingerprint density at radius 2 is 1.54 bits per heavy atom. The van der Waals surface area contributed by atoms with Gasteiger partial charge in [-0.1, -0.05) is 6.07 Å². The minimum absolute atomic E-state index is 0.0177. The van der Waals surface area contributed by atoms with Crippen LogP contribution < -0.4 is 20.7 Å². The standard InChI is InChI=1S/C26H30N10O2S/c1-18-4-3-5-22(30-18)25-28-16-12-23(33-25)32-24-13-17-29-26(34-24)31-19-6-8-20(9-7-19)35-39(37,38)36(2)21-10-14-27-15-11-21/h3-9,12-13,16-17,21,27,35H,10-11,14-15H2,1-2H3,(H2,28,29,31,32,33,34). The molecule has 0 bridgehead atoms. The molecule has 0 spiro atoms. The van der Waals surface area contributed by atoms with Gasteiger partial charge in [-0.25, -0.2) is 19.9 Å². The molecule has 0 amide bonds. The third-order valence-corrected chi connectivity index (χ3v) is 7.82. The number of rotatable bonds is 9. The van der Waals surface area contributed by atoms with Crippen molar-refractivity contribution in [3.8, 4) is 11.5 Å².